The average molecular weight is 394 g/mol. The molecule has 0 fully saturated rings. The summed E-state index contributed by atoms with van der Waals surface area (Å²) in [4.78, 5) is 0. The summed E-state index contributed by atoms with van der Waals surface area (Å²) >= 11 is 15.8. The molecule has 126 valence electrons. The van der Waals surface area contributed by atoms with Crippen LogP contribution in [0.1, 0.15) is 41.5 Å². The third kappa shape index (κ3) is 15.3. The highest BCUT2D eigenvalue weighted by Crippen LogP contribution is 2.19. The molecule has 0 bridgehead atoms. The van der Waals surface area contributed by atoms with Crippen LogP contribution in [0, 0.1) is 0 Å². The molecule has 0 aliphatic carbocycles. The number of hydrogen-bond donors (Lipinski definition) is 0. The van der Waals surface area contributed by atoms with Gasteiger partial charge < -0.3 is 13.3 Å². The second-order valence-corrected chi connectivity index (χ2v) is 16.0. The van der Waals surface area contributed by atoms with E-state index in [0.717, 1.165) is 0 Å². The topological polar surface area (TPSA) is 27.7 Å². The van der Waals surface area contributed by atoms with Gasteiger partial charge in [-0.15, -0.1) is 39.8 Å². The van der Waals surface area contributed by atoms with Gasteiger partial charge in [0.2, 0.25) is 0 Å². The maximum absolute atomic E-state index is 5.79. The maximum Gasteiger partial charge on any atom is 0.529 e. The van der Waals surface area contributed by atoms with Crippen LogP contribution in [0.5, 0.6) is 0 Å². The molecule has 0 N–H and O–H groups in total. The molecule has 8 heteroatoms. The van der Waals surface area contributed by atoms with E-state index in [0.29, 0.717) is 0 Å². The molecule has 0 heterocycles. The fourth-order valence-corrected chi connectivity index (χ4v) is 3.64. The van der Waals surface area contributed by atoms with Crippen LogP contribution < -0.4 is 0 Å². The largest absolute Gasteiger partial charge is 0.529 e. The molecule has 0 amide bonds. The first-order chi connectivity index (χ1) is 9.37. The second kappa shape index (κ2) is 11.2. The third-order valence-corrected chi connectivity index (χ3v) is 6.43. The fraction of sp³-hybridized carbons (Fsp3) is 0.692. The lowest BCUT2D eigenvalue weighted by Crippen LogP contribution is -2.49. The van der Waals surface area contributed by atoms with Gasteiger partial charge in [-0.05, 0) is 47.2 Å². The lowest BCUT2D eigenvalue weighted by atomic mass is 10.5. The summed E-state index contributed by atoms with van der Waals surface area (Å²) in [6.45, 7) is 18.9. The van der Waals surface area contributed by atoms with Crippen molar-refractivity contribution >= 4 is 48.0 Å². The minimum Gasteiger partial charge on any atom is -0.368 e. The van der Waals surface area contributed by atoms with E-state index in [9.17, 15) is 0 Å². The highest BCUT2D eigenvalue weighted by atomic mass is 35.8. The first kappa shape index (κ1) is 23.9. The molecule has 0 saturated carbocycles. The summed E-state index contributed by atoms with van der Waals surface area (Å²) in [5.74, 6) is 0. The van der Waals surface area contributed by atoms with Crippen molar-refractivity contribution in [1.82, 2.24) is 0 Å². The molecular formula is C13H27Cl3O3Si2. The van der Waals surface area contributed by atoms with Crippen LogP contribution in [0.25, 0.3) is 0 Å². The minimum absolute atomic E-state index is 0.0761. The zero-order valence-electron chi connectivity index (χ0n) is 13.7. The van der Waals surface area contributed by atoms with Crippen LogP contribution in [0.4, 0.5) is 0 Å². The smallest absolute Gasteiger partial charge is 0.368 e. The quantitative estimate of drug-likeness (QED) is 0.414. The zero-order chi connectivity index (χ0) is 17.3. The number of halogens is 3. The van der Waals surface area contributed by atoms with Gasteiger partial charge in [0.25, 0.3) is 0 Å². The Morgan fingerprint density at radius 2 is 0.952 bits per heavy atom. The summed E-state index contributed by atoms with van der Waals surface area (Å²) in [6, 6.07) is -2.45. The van der Waals surface area contributed by atoms with Gasteiger partial charge in [-0.2, -0.15) is 0 Å². The molecule has 0 aromatic carbocycles. The van der Waals surface area contributed by atoms with E-state index in [1.54, 1.807) is 5.70 Å². The number of hydrogen-bond acceptors (Lipinski definition) is 3. The molecule has 21 heavy (non-hydrogen) atoms. The van der Waals surface area contributed by atoms with Gasteiger partial charge in [-0.3, -0.25) is 0 Å². The van der Waals surface area contributed by atoms with Crippen LogP contribution in [-0.4, -0.2) is 33.1 Å². The summed E-state index contributed by atoms with van der Waals surface area (Å²) in [7, 11) is -2.69. The normalized spacial score (nSPS) is 12.4. The van der Waals surface area contributed by atoms with Crippen LogP contribution >= 0.6 is 33.2 Å². The van der Waals surface area contributed by atoms with Crippen LogP contribution in [0.2, 0.25) is 0 Å². The molecule has 0 radical (unpaired) electrons. The van der Waals surface area contributed by atoms with Crippen LogP contribution in [-0.2, 0) is 13.3 Å². The second-order valence-electron chi connectivity index (χ2n) is 5.05. The molecule has 0 aliphatic rings. The Morgan fingerprint density at radius 3 is 1.05 bits per heavy atom. The van der Waals surface area contributed by atoms with Gasteiger partial charge in [0, 0.05) is 18.3 Å². The van der Waals surface area contributed by atoms with Gasteiger partial charge in [0.15, 0.2) is 0 Å². The molecule has 0 spiro atoms. The van der Waals surface area contributed by atoms with Gasteiger partial charge in [-0.1, -0.05) is 12.3 Å². The van der Waals surface area contributed by atoms with Gasteiger partial charge >= 0.3 is 14.8 Å². The molecule has 0 unspecified atom stereocenters. The van der Waals surface area contributed by atoms with E-state index in [1.165, 1.54) is 5.70 Å². The molecule has 3 nitrogen and oxygen atoms in total. The van der Waals surface area contributed by atoms with Crippen molar-refractivity contribution in [2.45, 2.75) is 59.9 Å². The third-order valence-electron chi connectivity index (χ3n) is 1.68. The molecule has 0 rings (SSSR count). The maximum atomic E-state index is 5.79. The first-order valence-electron chi connectivity index (χ1n) is 6.74. The molecule has 0 aromatic rings. The molecule has 0 saturated heterocycles. The summed E-state index contributed by atoms with van der Waals surface area (Å²) in [5, 5.41) is 0. The van der Waals surface area contributed by atoms with Crippen molar-refractivity contribution in [3.63, 3.8) is 0 Å². The molecule has 0 aliphatic heterocycles. The molecule has 0 atom stereocenters. The van der Waals surface area contributed by atoms with Gasteiger partial charge in [0.1, 0.15) is 0 Å². The highest BCUT2D eigenvalue weighted by Gasteiger charge is 2.41. The Balaban J connectivity index is 0. The SMILES string of the molecule is C=C[Si](Cl)(Cl)Cl.C=C[Si](OC(C)C)(OC(C)C)OC(C)C. The van der Waals surface area contributed by atoms with Crippen molar-refractivity contribution in [3.05, 3.63) is 24.6 Å². The standard InChI is InChI=1S/C11H24O3Si.C2H3Cl3Si/c1-8-15(12-9(2)3,13-10(4)5)14-11(6)7;1-2-6(3,4)5/h8-11H,1H2,2-7H3;2H,1H2. The summed E-state index contributed by atoms with van der Waals surface area (Å²) < 4.78 is 17.4. The monoisotopic (exact) mass is 392 g/mol. The van der Waals surface area contributed by atoms with Crippen LogP contribution in [0.3, 0.4) is 0 Å². The lowest BCUT2D eigenvalue weighted by Gasteiger charge is -2.31. The van der Waals surface area contributed by atoms with Crippen molar-refractivity contribution < 1.29 is 13.3 Å². The zero-order valence-corrected chi connectivity index (χ0v) is 17.9. The Labute approximate surface area is 145 Å². The predicted molar refractivity (Wildman–Crippen MR) is 98.1 cm³/mol. The predicted octanol–water partition coefficient (Wildman–Crippen LogP) is 5.29. The average Bonchev–Trinajstić information content (AvgIpc) is 2.25. The van der Waals surface area contributed by atoms with Crippen molar-refractivity contribution in [3.8, 4) is 0 Å². The van der Waals surface area contributed by atoms with E-state index >= 15 is 0 Å². The van der Waals surface area contributed by atoms with E-state index < -0.39 is 14.8 Å². The van der Waals surface area contributed by atoms with E-state index in [-0.39, 0.29) is 18.3 Å². The lowest BCUT2D eigenvalue weighted by molar-refractivity contribution is 0.0140. The van der Waals surface area contributed by atoms with Crippen molar-refractivity contribution in [1.29, 1.82) is 0 Å². The Hall–Kier alpha value is 0.664. The Kier molecular flexibility index (Phi) is 12.8. The van der Waals surface area contributed by atoms with Crippen LogP contribution in [0.15, 0.2) is 24.6 Å². The van der Waals surface area contributed by atoms with Crippen molar-refractivity contribution in [2.24, 2.45) is 0 Å². The summed E-state index contributed by atoms with van der Waals surface area (Å²) in [6.07, 6.45) is 0.228. The van der Waals surface area contributed by atoms with E-state index in [1.807, 2.05) is 41.5 Å². The van der Waals surface area contributed by atoms with E-state index in [4.69, 9.17) is 46.5 Å². The minimum atomic E-state index is -2.69. The first-order valence-corrected chi connectivity index (χ1v) is 13.7. The fourth-order valence-electron chi connectivity index (χ4n) is 1.21. The van der Waals surface area contributed by atoms with E-state index in [2.05, 4.69) is 13.2 Å². The highest BCUT2D eigenvalue weighted by molar-refractivity contribution is 7.66. The van der Waals surface area contributed by atoms with Gasteiger partial charge in [0.05, 0.1) is 0 Å². The molecule has 0 aromatic heterocycles. The van der Waals surface area contributed by atoms with Crippen molar-refractivity contribution in [2.75, 3.05) is 0 Å². The Bertz CT molecular complexity index is 279. The van der Waals surface area contributed by atoms with Gasteiger partial charge in [-0.25, -0.2) is 0 Å². The Morgan fingerprint density at radius 1 is 0.714 bits per heavy atom. The number of rotatable bonds is 8. The molecular weight excluding hydrogens is 367 g/mol. The summed E-state index contributed by atoms with van der Waals surface area (Å²) in [5.41, 5.74) is 3.07.